The molecule has 0 aliphatic heterocycles. The minimum absolute atomic E-state index is 0.224. The number of thiazole rings is 1. The summed E-state index contributed by atoms with van der Waals surface area (Å²) < 4.78 is 0. The Morgan fingerprint density at radius 1 is 1.53 bits per heavy atom. The quantitative estimate of drug-likeness (QED) is 0.804. The van der Waals surface area contributed by atoms with Gasteiger partial charge in [-0.25, -0.2) is 10.4 Å². The predicted molar refractivity (Wildman–Crippen MR) is 66.5 cm³/mol. The monoisotopic (exact) mass is 248 g/mol. The Balaban J connectivity index is 2.14. The maximum absolute atomic E-state index is 11.6. The molecule has 2 aromatic heterocycles. The number of carbonyl (C=O) groups is 1. The second kappa shape index (κ2) is 5.51. The van der Waals surface area contributed by atoms with Gasteiger partial charge in [-0.15, -0.1) is 11.3 Å². The van der Waals surface area contributed by atoms with Gasteiger partial charge in [0.25, 0.3) is 5.91 Å². The van der Waals surface area contributed by atoms with Gasteiger partial charge in [0.1, 0.15) is 10.7 Å². The molecule has 17 heavy (non-hydrogen) atoms. The summed E-state index contributed by atoms with van der Waals surface area (Å²) in [5, 5.41) is 2.52. The zero-order valence-corrected chi connectivity index (χ0v) is 10.1. The number of pyridine rings is 1. The van der Waals surface area contributed by atoms with Crippen LogP contribution in [0.25, 0.3) is 10.6 Å². The van der Waals surface area contributed by atoms with Crippen LogP contribution < -0.4 is 10.9 Å². The number of amides is 1. The number of nitrogens with zero attached hydrogens (tertiary/aromatic N) is 2. The molecule has 2 rings (SSSR count). The number of hydrogen-bond acceptors (Lipinski definition) is 5. The summed E-state index contributed by atoms with van der Waals surface area (Å²) in [4.78, 5) is 19.9. The van der Waals surface area contributed by atoms with Gasteiger partial charge in [-0.3, -0.25) is 15.2 Å². The minimum atomic E-state index is -0.224. The molecule has 0 bridgehead atoms. The van der Waals surface area contributed by atoms with Gasteiger partial charge < -0.3 is 0 Å². The number of carbonyl (C=O) groups excluding carboxylic acids is 1. The molecule has 0 saturated heterocycles. The van der Waals surface area contributed by atoms with E-state index in [0.717, 1.165) is 10.6 Å². The first-order chi connectivity index (χ1) is 8.31. The Hall–Kier alpha value is -1.79. The second-order valence-electron chi connectivity index (χ2n) is 3.26. The van der Waals surface area contributed by atoms with E-state index in [1.54, 1.807) is 17.8 Å². The van der Waals surface area contributed by atoms with E-state index in [2.05, 4.69) is 20.8 Å². The van der Waals surface area contributed by atoms with Gasteiger partial charge in [0.05, 0.1) is 0 Å². The summed E-state index contributed by atoms with van der Waals surface area (Å²) in [6.07, 6.45) is 3.43. The van der Waals surface area contributed by atoms with E-state index in [1.165, 1.54) is 11.3 Å². The fourth-order valence-corrected chi connectivity index (χ4v) is 2.02. The van der Waals surface area contributed by atoms with Crippen LogP contribution in [0, 0.1) is 0 Å². The molecule has 0 fully saturated rings. The van der Waals surface area contributed by atoms with Crippen molar-refractivity contribution in [3.8, 4) is 10.6 Å². The van der Waals surface area contributed by atoms with Crippen molar-refractivity contribution in [2.45, 2.75) is 6.92 Å². The molecule has 2 N–H and O–H groups in total. The van der Waals surface area contributed by atoms with E-state index < -0.39 is 0 Å². The van der Waals surface area contributed by atoms with E-state index in [0.29, 0.717) is 12.2 Å². The molecular weight excluding hydrogens is 236 g/mol. The van der Waals surface area contributed by atoms with Crippen molar-refractivity contribution in [3.05, 3.63) is 35.6 Å². The molecule has 0 aliphatic rings. The van der Waals surface area contributed by atoms with Gasteiger partial charge in [-0.05, 0) is 12.1 Å². The molecule has 5 nitrogen and oxygen atoms in total. The maximum Gasteiger partial charge on any atom is 0.284 e. The standard InChI is InChI=1S/C11H12N4OS/c1-2-13-15-10(16)9-7-17-11(14-9)8-4-3-5-12-6-8/h3-7,13H,2H2,1H3,(H,15,16). The zero-order chi connectivity index (χ0) is 12.1. The van der Waals surface area contributed by atoms with Gasteiger partial charge in [-0.2, -0.15) is 0 Å². The molecule has 0 atom stereocenters. The number of hydrazine groups is 1. The molecule has 0 saturated carbocycles. The molecule has 0 aliphatic carbocycles. The first-order valence-electron chi connectivity index (χ1n) is 5.20. The van der Waals surface area contributed by atoms with Crippen LogP contribution in [0.1, 0.15) is 17.4 Å². The molecule has 88 valence electrons. The third-order valence-corrected chi connectivity index (χ3v) is 2.92. The predicted octanol–water partition coefficient (Wildman–Crippen LogP) is 1.46. The number of rotatable bonds is 4. The zero-order valence-electron chi connectivity index (χ0n) is 9.30. The van der Waals surface area contributed by atoms with Gasteiger partial charge >= 0.3 is 0 Å². The van der Waals surface area contributed by atoms with Crippen molar-refractivity contribution in [1.82, 2.24) is 20.8 Å². The van der Waals surface area contributed by atoms with E-state index in [-0.39, 0.29) is 5.91 Å². The highest BCUT2D eigenvalue weighted by Gasteiger charge is 2.10. The lowest BCUT2D eigenvalue weighted by Crippen LogP contribution is -2.37. The number of aromatic nitrogens is 2. The normalized spacial score (nSPS) is 10.2. The molecular formula is C11H12N4OS. The fraction of sp³-hybridized carbons (Fsp3) is 0.182. The van der Waals surface area contributed by atoms with Crippen LogP contribution in [0.5, 0.6) is 0 Å². The molecule has 0 aromatic carbocycles. The Morgan fingerprint density at radius 2 is 2.41 bits per heavy atom. The average molecular weight is 248 g/mol. The van der Waals surface area contributed by atoms with E-state index in [9.17, 15) is 4.79 Å². The van der Waals surface area contributed by atoms with E-state index in [1.807, 2.05) is 19.1 Å². The summed E-state index contributed by atoms with van der Waals surface area (Å²) in [7, 11) is 0. The van der Waals surface area contributed by atoms with Crippen LogP contribution in [0.4, 0.5) is 0 Å². The first-order valence-corrected chi connectivity index (χ1v) is 6.08. The summed E-state index contributed by atoms with van der Waals surface area (Å²) in [5.74, 6) is -0.224. The Morgan fingerprint density at radius 3 is 3.12 bits per heavy atom. The van der Waals surface area contributed by atoms with E-state index in [4.69, 9.17) is 0 Å². The van der Waals surface area contributed by atoms with Crippen molar-refractivity contribution in [1.29, 1.82) is 0 Å². The molecule has 2 aromatic rings. The van der Waals surface area contributed by atoms with Gasteiger partial charge in [0.2, 0.25) is 0 Å². The highest BCUT2D eigenvalue weighted by molar-refractivity contribution is 7.13. The maximum atomic E-state index is 11.6. The summed E-state index contributed by atoms with van der Waals surface area (Å²) in [5.41, 5.74) is 6.63. The molecule has 0 unspecified atom stereocenters. The van der Waals surface area contributed by atoms with Crippen molar-refractivity contribution in [2.24, 2.45) is 0 Å². The average Bonchev–Trinajstić information content (AvgIpc) is 2.86. The number of hydrogen-bond donors (Lipinski definition) is 2. The van der Waals surface area contributed by atoms with Crippen LogP contribution in [0.2, 0.25) is 0 Å². The number of nitrogens with one attached hydrogen (secondary N) is 2. The lowest BCUT2D eigenvalue weighted by atomic mass is 10.3. The summed E-state index contributed by atoms with van der Waals surface area (Å²) in [6.45, 7) is 2.58. The van der Waals surface area contributed by atoms with Crippen LogP contribution in [0.3, 0.4) is 0 Å². The van der Waals surface area contributed by atoms with Crippen LogP contribution in [-0.2, 0) is 0 Å². The molecule has 0 radical (unpaired) electrons. The lowest BCUT2D eigenvalue weighted by Gasteiger charge is -2.01. The van der Waals surface area contributed by atoms with Crippen molar-refractivity contribution >= 4 is 17.2 Å². The molecule has 2 heterocycles. The molecule has 6 heteroatoms. The Kier molecular flexibility index (Phi) is 3.79. The smallest absolute Gasteiger partial charge is 0.284 e. The van der Waals surface area contributed by atoms with Crippen molar-refractivity contribution < 1.29 is 4.79 Å². The molecule has 0 spiro atoms. The fourth-order valence-electron chi connectivity index (χ4n) is 1.23. The SMILES string of the molecule is CCNNC(=O)c1csc(-c2cccnc2)n1. The van der Waals surface area contributed by atoms with Crippen molar-refractivity contribution in [2.75, 3.05) is 6.54 Å². The van der Waals surface area contributed by atoms with Crippen LogP contribution in [-0.4, -0.2) is 22.4 Å². The largest absolute Gasteiger partial charge is 0.286 e. The topological polar surface area (TPSA) is 66.9 Å². The Labute approximate surface area is 103 Å². The minimum Gasteiger partial charge on any atom is -0.286 e. The van der Waals surface area contributed by atoms with Crippen LogP contribution in [0.15, 0.2) is 29.9 Å². The molecule has 1 amide bonds. The highest BCUT2D eigenvalue weighted by atomic mass is 32.1. The lowest BCUT2D eigenvalue weighted by molar-refractivity contribution is 0.0930. The third-order valence-electron chi connectivity index (χ3n) is 2.02. The van der Waals surface area contributed by atoms with Crippen LogP contribution >= 0.6 is 11.3 Å². The second-order valence-corrected chi connectivity index (χ2v) is 4.12. The highest BCUT2D eigenvalue weighted by Crippen LogP contribution is 2.22. The van der Waals surface area contributed by atoms with Gasteiger partial charge in [-0.1, -0.05) is 6.92 Å². The summed E-state index contributed by atoms with van der Waals surface area (Å²) in [6, 6.07) is 3.76. The van der Waals surface area contributed by atoms with E-state index >= 15 is 0 Å². The van der Waals surface area contributed by atoms with Gasteiger partial charge in [0, 0.05) is 29.9 Å². The van der Waals surface area contributed by atoms with Gasteiger partial charge in [0.15, 0.2) is 0 Å². The van der Waals surface area contributed by atoms with Crippen molar-refractivity contribution in [3.63, 3.8) is 0 Å². The summed E-state index contributed by atoms with van der Waals surface area (Å²) >= 11 is 1.42. The first kappa shape index (κ1) is 11.7. The Bertz CT molecular complexity index is 497. The third kappa shape index (κ3) is 2.86.